The zero-order valence-corrected chi connectivity index (χ0v) is 18.8. The van der Waals surface area contributed by atoms with Gasteiger partial charge in [0, 0.05) is 37.8 Å². The van der Waals surface area contributed by atoms with Crippen LogP contribution in [0, 0.1) is 13.8 Å². The van der Waals surface area contributed by atoms with Gasteiger partial charge in [-0.2, -0.15) is 4.31 Å². The van der Waals surface area contributed by atoms with Crippen LogP contribution in [0.2, 0.25) is 0 Å². The third-order valence-corrected chi connectivity index (χ3v) is 7.61. The van der Waals surface area contributed by atoms with Crippen molar-refractivity contribution in [1.29, 1.82) is 0 Å². The largest absolute Gasteiger partial charge is 0.497 e. The molecule has 1 saturated heterocycles. The van der Waals surface area contributed by atoms with Crippen molar-refractivity contribution in [1.82, 2.24) is 14.3 Å². The number of nitrogens with zero attached hydrogens (tertiary/aromatic N) is 4. The molecule has 1 aromatic heterocycles. The first-order valence-electron chi connectivity index (χ1n) is 10.2. The Morgan fingerprint density at radius 1 is 0.871 bits per heavy atom. The summed E-state index contributed by atoms with van der Waals surface area (Å²) in [5.41, 5.74) is 3.85. The number of ether oxygens (including phenoxy) is 1. The third kappa shape index (κ3) is 4.40. The Balaban J connectivity index is 1.48. The lowest BCUT2D eigenvalue weighted by molar-refractivity contribution is 0.383. The number of aryl methyl sites for hydroxylation is 2. The van der Waals surface area contributed by atoms with Crippen LogP contribution in [0.4, 0.5) is 5.82 Å². The SMILES string of the molecule is COc1ccc(-c2cc(N3CCN(S(=O)(=O)c4ccc(C)c(C)c4)CC3)ncn2)cc1. The molecule has 2 heterocycles. The molecule has 0 radical (unpaired) electrons. The normalized spacial score (nSPS) is 15.1. The standard InChI is InChI=1S/C23H26N4O3S/c1-17-4-9-21(14-18(17)2)31(28,29)27-12-10-26(11-13-27)23-15-22(24-16-25-23)19-5-7-20(30-3)8-6-19/h4-9,14-16H,10-13H2,1-3H3. The minimum Gasteiger partial charge on any atom is -0.497 e. The van der Waals surface area contributed by atoms with Gasteiger partial charge in [-0.15, -0.1) is 0 Å². The van der Waals surface area contributed by atoms with Gasteiger partial charge in [-0.3, -0.25) is 0 Å². The molecule has 7 nitrogen and oxygen atoms in total. The number of piperazine rings is 1. The molecule has 2 aromatic carbocycles. The van der Waals surface area contributed by atoms with E-state index in [4.69, 9.17) is 4.74 Å². The van der Waals surface area contributed by atoms with Crippen LogP contribution in [0.25, 0.3) is 11.3 Å². The second kappa shape index (κ2) is 8.64. The summed E-state index contributed by atoms with van der Waals surface area (Å²) in [6, 6.07) is 15.0. The van der Waals surface area contributed by atoms with Crippen LogP contribution in [-0.2, 0) is 10.0 Å². The highest BCUT2D eigenvalue weighted by Gasteiger charge is 2.29. The smallest absolute Gasteiger partial charge is 0.243 e. The molecule has 1 aliphatic rings. The van der Waals surface area contributed by atoms with Crippen molar-refractivity contribution >= 4 is 15.8 Å². The van der Waals surface area contributed by atoms with Crippen molar-refractivity contribution in [3.63, 3.8) is 0 Å². The number of hydrogen-bond acceptors (Lipinski definition) is 6. The van der Waals surface area contributed by atoms with Crippen molar-refractivity contribution < 1.29 is 13.2 Å². The van der Waals surface area contributed by atoms with Gasteiger partial charge in [-0.1, -0.05) is 6.07 Å². The Morgan fingerprint density at radius 3 is 2.23 bits per heavy atom. The molecule has 4 rings (SSSR count). The summed E-state index contributed by atoms with van der Waals surface area (Å²) in [6.07, 6.45) is 1.55. The van der Waals surface area contributed by atoms with Crippen LogP contribution < -0.4 is 9.64 Å². The molecule has 0 unspecified atom stereocenters. The number of rotatable bonds is 5. The molecule has 31 heavy (non-hydrogen) atoms. The first kappa shape index (κ1) is 21.3. The van der Waals surface area contributed by atoms with E-state index in [1.54, 1.807) is 29.9 Å². The highest BCUT2D eigenvalue weighted by molar-refractivity contribution is 7.89. The Kier molecular flexibility index (Phi) is 5.93. The number of hydrogen-bond donors (Lipinski definition) is 0. The number of benzene rings is 2. The molecule has 3 aromatic rings. The second-order valence-corrected chi connectivity index (χ2v) is 9.57. The molecule has 1 aliphatic heterocycles. The number of aromatic nitrogens is 2. The Morgan fingerprint density at radius 2 is 1.58 bits per heavy atom. The minimum atomic E-state index is -3.50. The van der Waals surface area contributed by atoms with Gasteiger partial charge in [-0.25, -0.2) is 18.4 Å². The van der Waals surface area contributed by atoms with Gasteiger partial charge in [0.2, 0.25) is 10.0 Å². The molecular weight excluding hydrogens is 412 g/mol. The van der Waals surface area contributed by atoms with Crippen molar-refractivity contribution in [2.45, 2.75) is 18.7 Å². The van der Waals surface area contributed by atoms with Gasteiger partial charge in [-0.05, 0) is 61.4 Å². The Bertz CT molecular complexity index is 1170. The number of anilines is 1. The quantitative estimate of drug-likeness (QED) is 0.609. The Hall–Kier alpha value is -2.97. The fourth-order valence-corrected chi connectivity index (χ4v) is 5.13. The van der Waals surface area contributed by atoms with E-state index >= 15 is 0 Å². The predicted octanol–water partition coefficient (Wildman–Crippen LogP) is 3.28. The minimum absolute atomic E-state index is 0.355. The van der Waals surface area contributed by atoms with Crippen molar-refractivity contribution in [2.75, 3.05) is 38.2 Å². The molecule has 0 saturated carbocycles. The predicted molar refractivity (Wildman–Crippen MR) is 121 cm³/mol. The van der Waals surface area contributed by atoms with Gasteiger partial charge < -0.3 is 9.64 Å². The molecule has 162 valence electrons. The van der Waals surface area contributed by atoms with E-state index in [9.17, 15) is 8.42 Å². The number of methoxy groups -OCH3 is 1. The molecule has 1 fully saturated rings. The second-order valence-electron chi connectivity index (χ2n) is 7.63. The molecule has 0 N–H and O–H groups in total. The van der Waals surface area contributed by atoms with Crippen LogP contribution in [0.1, 0.15) is 11.1 Å². The van der Waals surface area contributed by atoms with Gasteiger partial charge >= 0.3 is 0 Å². The molecule has 0 spiro atoms. The van der Waals surface area contributed by atoms with E-state index in [1.807, 2.05) is 50.2 Å². The van der Waals surface area contributed by atoms with Crippen molar-refractivity contribution in [3.8, 4) is 17.0 Å². The third-order valence-electron chi connectivity index (χ3n) is 5.72. The molecule has 0 aliphatic carbocycles. The van der Waals surface area contributed by atoms with Crippen LogP contribution in [-0.4, -0.2) is 56.0 Å². The zero-order valence-electron chi connectivity index (χ0n) is 17.9. The summed E-state index contributed by atoms with van der Waals surface area (Å²) in [5, 5.41) is 0. The van der Waals surface area contributed by atoms with Crippen molar-refractivity contribution in [3.05, 3.63) is 66.0 Å². The van der Waals surface area contributed by atoms with E-state index in [2.05, 4.69) is 14.9 Å². The summed E-state index contributed by atoms with van der Waals surface area (Å²) < 4.78 is 32.9. The van der Waals surface area contributed by atoms with Crippen molar-refractivity contribution in [2.24, 2.45) is 0 Å². The van der Waals surface area contributed by atoms with Crippen LogP contribution >= 0.6 is 0 Å². The monoisotopic (exact) mass is 438 g/mol. The topological polar surface area (TPSA) is 75.6 Å². The summed E-state index contributed by atoms with van der Waals surface area (Å²) in [7, 11) is -1.87. The van der Waals surface area contributed by atoms with Gasteiger partial charge in [0.1, 0.15) is 17.9 Å². The maximum Gasteiger partial charge on any atom is 0.243 e. The summed E-state index contributed by atoms with van der Waals surface area (Å²) in [4.78, 5) is 11.2. The Labute approximate surface area is 183 Å². The summed E-state index contributed by atoms with van der Waals surface area (Å²) in [5.74, 6) is 1.59. The van der Waals surface area contributed by atoms with E-state index in [0.29, 0.717) is 31.1 Å². The van der Waals surface area contributed by atoms with Crippen LogP contribution in [0.15, 0.2) is 59.8 Å². The first-order chi connectivity index (χ1) is 14.9. The average molecular weight is 439 g/mol. The van der Waals surface area contributed by atoms with E-state index in [-0.39, 0.29) is 0 Å². The number of sulfonamides is 1. The van der Waals surface area contributed by atoms with Gasteiger partial charge in [0.15, 0.2) is 0 Å². The van der Waals surface area contributed by atoms with Gasteiger partial charge in [0.05, 0.1) is 17.7 Å². The molecule has 0 atom stereocenters. The lowest BCUT2D eigenvalue weighted by Crippen LogP contribution is -2.48. The fourth-order valence-electron chi connectivity index (χ4n) is 3.62. The van der Waals surface area contributed by atoms with Crippen LogP contribution in [0.5, 0.6) is 5.75 Å². The summed E-state index contributed by atoms with van der Waals surface area (Å²) >= 11 is 0. The first-order valence-corrected chi connectivity index (χ1v) is 11.6. The maximum atomic E-state index is 13.1. The van der Waals surface area contributed by atoms with E-state index in [0.717, 1.165) is 34.0 Å². The maximum absolute atomic E-state index is 13.1. The molecular formula is C23H26N4O3S. The molecule has 8 heteroatoms. The lowest BCUT2D eigenvalue weighted by Gasteiger charge is -2.34. The average Bonchev–Trinajstić information content (AvgIpc) is 2.81. The lowest BCUT2D eigenvalue weighted by atomic mass is 10.1. The summed E-state index contributed by atoms with van der Waals surface area (Å²) in [6.45, 7) is 5.88. The molecule has 0 bridgehead atoms. The zero-order chi connectivity index (χ0) is 22.0. The highest BCUT2D eigenvalue weighted by atomic mass is 32.2. The van der Waals surface area contributed by atoms with E-state index in [1.165, 1.54) is 0 Å². The highest BCUT2D eigenvalue weighted by Crippen LogP contribution is 2.25. The fraction of sp³-hybridized carbons (Fsp3) is 0.304. The molecule has 0 amide bonds. The van der Waals surface area contributed by atoms with Gasteiger partial charge in [0.25, 0.3) is 0 Å². The van der Waals surface area contributed by atoms with Crippen LogP contribution in [0.3, 0.4) is 0 Å². The van der Waals surface area contributed by atoms with E-state index < -0.39 is 10.0 Å².